The van der Waals surface area contributed by atoms with Gasteiger partial charge in [-0.25, -0.2) is 0 Å². The number of carbonyl (C=O) groups is 2. The third-order valence-corrected chi connectivity index (χ3v) is 3.41. The molecule has 4 heteroatoms. The monoisotopic (exact) mass is 276 g/mol. The zero-order valence-electron chi connectivity index (χ0n) is 12.9. The normalized spacial score (nSPS) is 10.8. The van der Waals surface area contributed by atoms with Gasteiger partial charge in [0.2, 0.25) is 5.91 Å². The van der Waals surface area contributed by atoms with Crippen LogP contribution < -0.4 is 5.32 Å². The molecular weight excluding hydrogens is 252 g/mol. The molecule has 0 radical (unpaired) electrons. The smallest absolute Gasteiger partial charge is 0.251 e. The number of amides is 2. The van der Waals surface area contributed by atoms with Crippen molar-refractivity contribution in [1.82, 2.24) is 10.2 Å². The van der Waals surface area contributed by atoms with E-state index in [2.05, 4.69) is 19.2 Å². The van der Waals surface area contributed by atoms with E-state index < -0.39 is 0 Å². The number of hydrogen-bond donors (Lipinski definition) is 1. The molecule has 0 fully saturated rings. The standard InChI is InChI=1S/C16H24N2O2/c1-11(2)13-6-8-14(9-7-13)16(20)17-10-15(19)18(5)12(3)4/h6-9,11-12H,10H2,1-5H3,(H,17,20). The lowest BCUT2D eigenvalue weighted by molar-refractivity contribution is -0.130. The second-order valence-electron chi connectivity index (χ2n) is 5.56. The van der Waals surface area contributed by atoms with Gasteiger partial charge in [0.1, 0.15) is 0 Å². The second kappa shape index (κ2) is 7.08. The van der Waals surface area contributed by atoms with Crippen molar-refractivity contribution in [3.05, 3.63) is 35.4 Å². The maximum absolute atomic E-state index is 11.9. The Labute approximate surface area is 121 Å². The number of nitrogens with zero attached hydrogens (tertiary/aromatic N) is 1. The van der Waals surface area contributed by atoms with Gasteiger partial charge in [-0.05, 0) is 37.5 Å². The molecule has 20 heavy (non-hydrogen) atoms. The predicted octanol–water partition coefficient (Wildman–Crippen LogP) is 2.41. The first-order valence-electron chi connectivity index (χ1n) is 6.96. The maximum Gasteiger partial charge on any atom is 0.251 e. The molecular formula is C16H24N2O2. The van der Waals surface area contributed by atoms with Crippen LogP contribution in [0.15, 0.2) is 24.3 Å². The number of hydrogen-bond acceptors (Lipinski definition) is 2. The number of benzene rings is 1. The third-order valence-electron chi connectivity index (χ3n) is 3.41. The van der Waals surface area contributed by atoms with Gasteiger partial charge >= 0.3 is 0 Å². The van der Waals surface area contributed by atoms with E-state index in [1.54, 1.807) is 24.1 Å². The fraction of sp³-hybridized carbons (Fsp3) is 0.500. The third kappa shape index (κ3) is 4.37. The summed E-state index contributed by atoms with van der Waals surface area (Å²) in [7, 11) is 1.73. The van der Waals surface area contributed by atoms with Crippen molar-refractivity contribution in [2.45, 2.75) is 39.7 Å². The van der Waals surface area contributed by atoms with Crippen LogP contribution in [0.5, 0.6) is 0 Å². The van der Waals surface area contributed by atoms with Gasteiger partial charge in [-0.2, -0.15) is 0 Å². The molecule has 0 atom stereocenters. The molecule has 0 aliphatic heterocycles. The molecule has 1 N–H and O–H groups in total. The van der Waals surface area contributed by atoms with Gasteiger partial charge in [0.05, 0.1) is 6.54 Å². The summed E-state index contributed by atoms with van der Waals surface area (Å²) >= 11 is 0. The molecule has 0 unspecified atom stereocenters. The van der Waals surface area contributed by atoms with Crippen LogP contribution in [0.3, 0.4) is 0 Å². The molecule has 0 heterocycles. The van der Waals surface area contributed by atoms with Crippen molar-refractivity contribution in [3.8, 4) is 0 Å². The lowest BCUT2D eigenvalue weighted by Crippen LogP contribution is -2.41. The number of likely N-dealkylation sites (N-methyl/N-ethyl adjacent to an activating group) is 1. The van der Waals surface area contributed by atoms with Gasteiger partial charge in [-0.15, -0.1) is 0 Å². The van der Waals surface area contributed by atoms with Gasteiger partial charge in [-0.3, -0.25) is 9.59 Å². The Bertz CT molecular complexity index is 464. The summed E-state index contributed by atoms with van der Waals surface area (Å²) in [6.07, 6.45) is 0. The van der Waals surface area contributed by atoms with Crippen LogP contribution in [-0.2, 0) is 4.79 Å². The topological polar surface area (TPSA) is 49.4 Å². The highest BCUT2D eigenvalue weighted by molar-refractivity contribution is 5.96. The fourth-order valence-corrected chi connectivity index (χ4v) is 1.69. The lowest BCUT2D eigenvalue weighted by Gasteiger charge is -2.21. The van der Waals surface area contributed by atoms with Gasteiger partial charge in [0.15, 0.2) is 0 Å². The predicted molar refractivity (Wildman–Crippen MR) is 80.8 cm³/mol. The second-order valence-corrected chi connectivity index (χ2v) is 5.56. The SMILES string of the molecule is CC(C)c1ccc(C(=O)NCC(=O)N(C)C(C)C)cc1. The molecule has 0 saturated heterocycles. The summed E-state index contributed by atoms with van der Waals surface area (Å²) in [5, 5.41) is 2.65. The Morgan fingerprint density at radius 3 is 2.10 bits per heavy atom. The minimum absolute atomic E-state index is 0.0272. The average Bonchev–Trinajstić information content (AvgIpc) is 2.43. The van der Waals surface area contributed by atoms with E-state index in [-0.39, 0.29) is 24.4 Å². The van der Waals surface area contributed by atoms with Crippen LogP contribution in [-0.4, -0.2) is 36.3 Å². The van der Waals surface area contributed by atoms with E-state index in [0.717, 1.165) is 0 Å². The molecule has 1 aromatic rings. The Kier molecular flexibility index (Phi) is 5.74. The minimum Gasteiger partial charge on any atom is -0.343 e. The van der Waals surface area contributed by atoms with E-state index in [4.69, 9.17) is 0 Å². The van der Waals surface area contributed by atoms with Gasteiger partial charge in [-0.1, -0.05) is 26.0 Å². The van der Waals surface area contributed by atoms with Crippen molar-refractivity contribution in [3.63, 3.8) is 0 Å². The Morgan fingerprint density at radius 1 is 1.10 bits per heavy atom. The number of carbonyl (C=O) groups excluding carboxylic acids is 2. The van der Waals surface area contributed by atoms with E-state index in [1.807, 2.05) is 26.0 Å². The van der Waals surface area contributed by atoms with Crippen molar-refractivity contribution in [2.24, 2.45) is 0 Å². The molecule has 2 amide bonds. The minimum atomic E-state index is -0.217. The van der Waals surface area contributed by atoms with Gasteiger partial charge < -0.3 is 10.2 Å². The molecule has 0 aliphatic carbocycles. The van der Waals surface area contributed by atoms with Gasteiger partial charge in [0, 0.05) is 18.7 Å². The molecule has 0 aliphatic rings. The van der Waals surface area contributed by atoms with Crippen molar-refractivity contribution in [1.29, 1.82) is 0 Å². The molecule has 110 valence electrons. The molecule has 1 aromatic carbocycles. The highest BCUT2D eigenvalue weighted by atomic mass is 16.2. The molecule has 0 bridgehead atoms. The van der Waals surface area contributed by atoms with Crippen LogP contribution in [0, 0.1) is 0 Å². The van der Waals surface area contributed by atoms with E-state index in [9.17, 15) is 9.59 Å². The maximum atomic E-state index is 11.9. The van der Waals surface area contributed by atoms with Crippen molar-refractivity contribution in [2.75, 3.05) is 13.6 Å². The zero-order valence-corrected chi connectivity index (χ0v) is 12.9. The molecule has 0 spiro atoms. The van der Waals surface area contributed by atoms with Crippen LogP contribution in [0.2, 0.25) is 0 Å². The van der Waals surface area contributed by atoms with Gasteiger partial charge in [0.25, 0.3) is 5.91 Å². The first kappa shape index (κ1) is 16.2. The van der Waals surface area contributed by atoms with Crippen molar-refractivity contribution < 1.29 is 9.59 Å². The highest BCUT2D eigenvalue weighted by Crippen LogP contribution is 2.14. The van der Waals surface area contributed by atoms with Crippen molar-refractivity contribution >= 4 is 11.8 Å². The van der Waals surface area contributed by atoms with E-state index in [0.29, 0.717) is 11.5 Å². The van der Waals surface area contributed by atoms with E-state index in [1.165, 1.54) is 5.56 Å². The Morgan fingerprint density at radius 2 is 1.65 bits per heavy atom. The molecule has 1 rings (SSSR count). The molecule has 0 aromatic heterocycles. The summed E-state index contributed by atoms with van der Waals surface area (Å²) in [4.78, 5) is 25.3. The van der Waals surface area contributed by atoms with E-state index >= 15 is 0 Å². The first-order chi connectivity index (χ1) is 9.32. The summed E-state index contributed by atoms with van der Waals surface area (Å²) < 4.78 is 0. The lowest BCUT2D eigenvalue weighted by atomic mass is 10.0. The quantitative estimate of drug-likeness (QED) is 0.898. The summed E-state index contributed by atoms with van der Waals surface area (Å²) in [6, 6.07) is 7.61. The Hall–Kier alpha value is -1.84. The molecule has 0 saturated carbocycles. The van der Waals surface area contributed by atoms with Crippen LogP contribution in [0.25, 0.3) is 0 Å². The average molecular weight is 276 g/mol. The Balaban J connectivity index is 2.57. The number of rotatable bonds is 5. The summed E-state index contributed by atoms with van der Waals surface area (Å²) in [5.74, 6) is 0.131. The largest absolute Gasteiger partial charge is 0.343 e. The molecule has 4 nitrogen and oxygen atoms in total. The van der Waals surface area contributed by atoms with Crippen LogP contribution in [0.4, 0.5) is 0 Å². The van der Waals surface area contributed by atoms with Crippen LogP contribution in [0.1, 0.15) is 49.5 Å². The number of nitrogens with one attached hydrogen (secondary N) is 1. The zero-order chi connectivity index (χ0) is 15.3. The fourth-order valence-electron chi connectivity index (χ4n) is 1.69. The summed E-state index contributed by atoms with van der Waals surface area (Å²) in [6.45, 7) is 8.11. The van der Waals surface area contributed by atoms with Crippen LogP contribution >= 0.6 is 0 Å². The highest BCUT2D eigenvalue weighted by Gasteiger charge is 2.13. The summed E-state index contributed by atoms with van der Waals surface area (Å²) in [5.41, 5.74) is 1.77. The first-order valence-corrected chi connectivity index (χ1v) is 6.96.